The summed E-state index contributed by atoms with van der Waals surface area (Å²) in [5, 5.41) is 6.62. The van der Waals surface area contributed by atoms with Crippen LogP contribution in [0.5, 0.6) is 0 Å². The molecule has 0 atom stereocenters. The molecule has 8 heteroatoms. The Labute approximate surface area is 191 Å². The van der Waals surface area contributed by atoms with Crippen LogP contribution in [-0.2, 0) is 9.53 Å². The summed E-state index contributed by atoms with van der Waals surface area (Å²) in [5.41, 5.74) is 2.18. The van der Waals surface area contributed by atoms with Crippen molar-refractivity contribution < 1.29 is 19.1 Å². The first-order chi connectivity index (χ1) is 14.8. The lowest BCUT2D eigenvalue weighted by Gasteiger charge is -2.20. The highest BCUT2D eigenvalue weighted by Gasteiger charge is 2.29. The van der Waals surface area contributed by atoms with Crippen LogP contribution in [-0.4, -0.2) is 24.4 Å². The van der Waals surface area contributed by atoms with Crippen LogP contribution in [0, 0.1) is 19.8 Å². The molecule has 0 saturated heterocycles. The highest BCUT2D eigenvalue weighted by atomic mass is 35.5. The van der Waals surface area contributed by atoms with Gasteiger partial charge in [-0.1, -0.05) is 36.9 Å². The number of aryl methyl sites for hydroxylation is 1. The Morgan fingerprint density at radius 2 is 1.84 bits per heavy atom. The van der Waals surface area contributed by atoms with Crippen molar-refractivity contribution in [2.45, 2.75) is 52.9 Å². The lowest BCUT2D eigenvalue weighted by atomic mass is 9.89. The molecule has 0 aliphatic heterocycles. The van der Waals surface area contributed by atoms with Crippen molar-refractivity contribution >= 4 is 51.4 Å². The second-order valence-corrected chi connectivity index (χ2v) is 9.15. The van der Waals surface area contributed by atoms with E-state index >= 15 is 0 Å². The lowest BCUT2D eigenvalue weighted by molar-refractivity contribution is -0.120. The minimum atomic E-state index is -0.548. The molecule has 1 aromatic heterocycles. The molecule has 0 spiro atoms. The number of esters is 1. The average Bonchev–Trinajstić information content (AvgIpc) is 3.07. The predicted octanol–water partition coefficient (Wildman–Crippen LogP) is 5.97. The van der Waals surface area contributed by atoms with Crippen LogP contribution in [0.2, 0.25) is 5.02 Å². The number of thiophene rings is 1. The molecule has 2 aromatic rings. The molecular weight excluding hydrogens is 436 g/mol. The van der Waals surface area contributed by atoms with Gasteiger partial charge in [-0.2, -0.15) is 0 Å². The van der Waals surface area contributed by atoms with E-state index in [0.717, 1.165) is 49.0 Å². The second-order valence-electron chi connectivity index (χ2n) is 7.72. The third-order valence-electron chi connectivity index (χ3n) is 5.47. The van der Waals surface area contributed by atoms with Crippen molar-refractivity contribution in [2.75, 3.05) is 17.2 Å². The van der Waals surface area contributed by atoms with E-state index in [1.165, 1.54) is 0 Å². The molecule has 1 fully saturated rings. The van der Waals surface area contributed by atoms with Gasteiger partial charge in [-0.3, -0.25) is 9.59 Å². The number of hydrogen-bond acceptors (Lipinski definition) is 5. The van der Waals surface area contributed by atoms with Crippen LogP contribution in [0.4, 0.5) is 10.7 Å². The fraction of sp³-hybridized carbons (Fsp3) is 0.435. The maximum absolute atomic E-state index is 13.0. The fourth-order valence-electron chi connectivity index (χ4n) is 3.70. The summed E-state index contributed by atoms with van der Waals surface area (Å²) in [6.07, 6.45) is 4.88. The summed E-state index contributed by atoms with van der Waals surface area (Å²) in [6.45, 7) is 5.49. The number of hydrogen-bond donors (Lipinski definition) is 2. The first-order valence-electron chi connectivity index (χ1n) is 10.5. The molecule has 0 bridgehead atoms. The Bertz CT molecular complexity index is 996. The van der Waals surface area contributed by atoms with E-state index in [2.05, 4.69) is 10.6 Å². The van der Waals surface area contributed by atoms with E-state index in [4.69, 9.17) is 16.3 Å². The van der Waals surface area contributed by atoms with Gasteiger partial charge in [0.05, 0.1) is 17.0 Å². The zero-order valence-electron chi connectivity index (χ0n) is 18.0. The van der Waals surface area contributed by atoms with Crippen molar-refractivity contribution in [3.05, 3.63) is 44.8 Å². The molecule has 2 N–H and O–H groups in total. The van der Waals surface area contributed by atoms with E-state index in [1.807, 2.05) is 13.0 Å². The van der Waals surface area contributed by atoms with Gasteiger partial charge in [-0.25, -0.2) is 4.79 Å². The number of amides is 2. The SMILES string of the molecule is CCOC(=O)c1c(NC(=O)C2CCCCC2)sc(C(=O)Nc2ccc(C)c(Cl)c2)c1C. The topological polar surface area (TPSA) is 84.5 Å². The number of carbonyl (C=O) groups excluding carboxylic acids is 3. The Kier molecular flexibility index (Phi) is 7.73. The number of carbonyl (C=O) groups is 3. The predicted molar refractivity (Wildman–Crippen MR) is 124 cm³/mol. The molecule has 0 radical (unpaired) electrons. The van der Waals surface area contributed by atoms with Gasteiger partial charge in [0, 0.05) is 16.6 Å². The summed E-state index contributed by atoms with van der Waals surface area (Å²) in [6, 6.07) is 5.26. The molecular formula is C23H27ClN2O4S. The standard InChI is InChI=1S/C23H27ClN2O4S/c1-4-30-23(29)18-14(3)19(21(28)25-16-11-10-13(2)17(24)12-16)31-22(18)26-20(27)15-8-6-5-7-9-15/h10-12,15H,4-9H2,1-3H3,(H,25,28)(H,26,27). The van der Waals surface area contributed by atoms with E-state index in [1.54, 1.807) is 26.0 Å². The third-order valence-corrected chi connectivity index (χ3v) is 7.09. The summed E-state index contributed by atoms with van der Waals surface area (Å²) in [4.78, 5) is 38.7. The number of nitrogens with one attached hydrogen (secondary N) is 2. The molecule has 1 aromatic carbocycles. The van der Waals surface area contributed by atoms with Crippen LogP contribution >= 0.6 is 22.9 Å². The fourth-order valence-corrected chi connectivity index (χ4v) is 4.98. The number of ether oxygens (including phenoxy) is 1. The Hall–Kier alpha value is -2.38. The van der Waals surface area contributed by atoms with E-state index in [9.17, 15) is 14.4 Å². The molecule has 1 saturated carbocycles. The second kappa shape index (κ2) is 10.3. The van der Waals surface area contributed by atoms with E-state index < -0.39 is 5.97 Å². The monoisotopic (exact) mass is 462 g/mol. The Morgan fingerprint density at radius 1 is 1.13 bits per heavy atom. The summed E-state index contributed by atoms with van der Waals surface area (Å²) < 4.78 is 5.18. The van der Waals surface area contributed by atoms with Gasteiger partial charge in [0.1, 0.15) is 5.00 Å². The van der Waals surface area contributed by atoms with Gasteiger partial charge in [0.25, 0.3) is 5.91 Å². The number of halogens is 1. The first-order valence-corrected chi connectivity index (χ1v) is 11.7. The summed E-state index contributed by atoms with van der Waals surface area (Å²) in [7, 11) is 0. The maximum Gasteiger partial charge on any atom is 0.341 e. The van der Waals surface area contributed by atoms with E-state index in [0.29, 0.717) is 26.2 Å². The van der Waals surface area contributed by atoms with Crippen LogP contribution < -0.4 is 10.6 Å². The zero-order chi connectivity index (χ0) is 22.5. The molecule has 31 heavy (non-hydrogen) atoms. The largest absolute Gasteiger partial charge is 0.462 e. The van der Waals surface area contributed by atoms with Gasteiger partial charge in [0.2, 0.25) is 5.91 Å². The quantitative estimate of drug-likeness (QED) is 0.518. The van der Waals surface area contributed by atoms with Gasteiger partial charge in [-0.15, -0.1) is 11.3 Å². The normalized spacial score (nSPS) is 14.2. The lowest BCUT2D eigenvalue weighted by Crippen LogP contribution is -2.25. The number of benzene rings is 1. The van der Waals surface area contributed by atoms with Crippen LogP contribution in [0.25, 0.3) is 0 Å². The first kappa shape index (κ1) is 23.3. The Morgan fingerprint density at radius 3 is 2.48 bits per heavy atom. The number of anilines is 2. The minimum Gasteiger partial charge on any atom is -0.462 e. The highest BCUT2D eigenvalue weighted by molar-refractivity contribution is 7.19. The molecule has 3 rings (SSSR count). The van der Waals surface area contributed by atoms with E-state index in [-0.39, 0.29) is 29.9 Å². The Balaban J connectivity index is 1.88. The molecule has 1 aliphatic rings. The van der Waals surface area contributed by atoms with Crippen LogP contribution in [0.15, 0.2) is 18.2 Å². The summed E-state index contributed by atoms with van der Waals surface area (Å²) in [5.74, 6) is -1.10. The molecule has 6 nitrogen and oxygen atoms in total. The van der Waals surface area contributed by atoms with Crippen molar-refractivity contribution in [1.82, 2.24) is 0 Å². The number of rotatable bonds is 6. The maximum atomic E-state index is 13.0. The van der Waals surface area contributed by atoms with Crippen LogP contribution in [0.1, 0.15) is 70.2 Å². The van der Waals surface area contributed by atoms with Crippen molar-refractivity contribution in [1.29, 1.82) is 0 Å². The van der Waals surface area contributed by atoms with Crippen LogP contribution in [0.3, 0.4) is 0 Å². The van der Waals surface area contributed by atoms with Crippen molar-refractivity contribution in [3.63, 3.8) is 0 Å². The average molecular weight is 463 g/mol. The van der Waals surface area contributed by atoms with Gasteiger partial charge in [0.15, 0.2) is 0 Å². The summed E-state index contributed by atoms with van der Waals surface area (Å²) >= 11 is 7.24. The molecule has 1 aliphatic carbocycles. The van der Waals surface area contributed by atoms with Gasteiger partial charge < -0.3 is 15.4 Å². The third kappa shape index (κ3) is 5.46. The molecule has 1 heterocycles. The highest BCUT2D eigenvalue weighted by Crippen LogP contribution is 2.36. The van der Waals surface area contributed by atoms with Crippen molar-refractivity contribution in [2.24, 2.45) is 5.92 Å². The molecule has 2 amide bonds. The molecule has 166 valence electrons. The molecule has 0 unspecified atom stereocenters. The van der Waals surface area contributed by atoms with Crippen molar-refractivity contribution in [3.8, 4) is 0 Å². The minimum absolute atomic E-state index is 0.0711. The smallest absolute Gasteiger partial charge is 0.341 e. The van der Waals surface area contributed by atoms with Gasteiger partial charge in [-0.05, 0) is 56.9 Å². The zero-order valence-corrected chi connectivity index (χ0v) is 19.5. The van der Waals surface area contributed by atoms with Gasteiger partial charge >= 0.3 is 5.97 Å².